The van der Waals surface area contributed by atoms with Crippen molar-refractivity contribution in [1.82, 2.24) is 0 Å². The molecule has 1 N–H and O–H groups in total. The molecule has 3 rings (SSSR count). The Balaban J connectivity index is 1.99. The van der Waals surface area contributed by atoms with E-state index in [0.717, 1.165) is 30.4 Å². The van der Waals surface area contributed by atoms with Crippen LogP contribution >= 0.6 is 11.3 Å². The molecule has 26 heavy (non-hydrogen) atoms. The van der Waals surface area contributed by atoms with E-state index in [9.17, 15) is 9.59 Å². The Kier molecular flexibility index (Phi) is 6.09. The molecule has 138 valence electrons. The molecule has 1 aromatic heterocycles. The lowest BCUT2D eigenvalue weighted by Gasteiger charge is -2.17. The number of rotatable bonds is 6. The number of anilines is 1. The zero-order valence-electron chi connectivity index (χ0n) is 15.4. The maximum Gasteiger partial charge on any atom is 0.341 e. The minimum Gasteiger partial charge on any atom is -0.462 e. The van der Waals surface area contributed by atoms with Crippen molar-refractivity contribution in [3.63, 3.8) is 0 Å². The molecule has 0 saturated carbocycles. The fourth-order valence-electron chi connectivity index (χ4n) is 3.39. The van der Waals surface area contributed by atoms with Crippen LogP contribution in [0.1, 0.15) is 61.0 Å². The molecule has 0 aliphatic heterocycles. The molecule has 1 heterocycles. The maximum absolute atomic E-state index is 12.6. The summed E-state index contributed by atoms with van der Waals surface area (Å²) >= 11 is 1.38. The Morgan fingerprint density at radius 3 is 2.65 bits per heavy atom. The van der Waals surface area contributed by atoms with Gasteiger partial charge in [-0.3, -0.25) is 4.79 Å². The quantitative estimate of drug-likeness (QED) is 0.709. The number of hydrogen-bond donors (Lipinski definition) is 1. The largest absolute Gasteiger partial charge is 0.462 e. The fraction of sp³-hybridized carbons (Fsp3) is 0.429. The van der Waals surface area contributed by atoms with Crippen LogP contribution in [0.15, 0.2) is 23.6 Å². The summed E-state index contributed by atoms with van der Waals surface area (Å²) in [7, 11) is 0. The third kappa shape index (κ3) is 3.98. The van der Waals surface area contributed by atoms with Crippen molar-refractivity contribution in [1.29, 1.82) is 0 Å². The zero-order chi connectivity index (χ0) is 18.5. The van der Waals surface area contributed by atoms with Crippen molar-refractivity contribution >= 4 is 28.2 Å². The highest BCUT2D eigenvalue weighted by molar-refractivity contribution is 7.15. The van der Waals surface area contributed by atoms with Gasteiger partial charge in [-0.1, -0.05) is 25.1 Å². The molecule has 0 atom stereocenters. The number of thiophene rings is 1. The Labute approximate surface area is 158 Å². The number of hydrogen-bond acceptors (Lipinski definition) is 4. The summed E-state index contributed by atoms with van der Waals surface area (Å²) in [5.74, 6) is -0.454. The first-order valence-electron chi connectivity index (χ1n) is 9.34. The summed E-state index contributed by atoms with van der Waals surface area (Å²) in [5, 5.41) is 5.40. The van der Waals surface area contributed by atoms with Crippen LogP contribution in [0.3, 0.4) is 0 Å². The monoisotopic (exact) mass is 371 g/mol. The fourth-order valence-corrected chi connectivity index (χ4v) is 4.36. The number of aryl methyl sites for hydroxylation is 2. The molecule has 0 saturated heterocycles. The summed E-state index contributed by atoms with van der Waals surface area (Å²) in [6, 6.07) is 6.44. The van der Waals surface area contributed by atoms with Crippen LogP contribution in [0.2, 0.25) is 0 Å². The van der Waals surface area contributed by atoms with Crippen molar-refractivity contribution in [2.24, 2.45) is 0 Å². The first-order chi connectivity index (χ1) is 12.6. The molecule has 0 bridgehead atoms. The Morgan fingerprint density at radius 1 is 1.15 bits per heavy atom. The van der Waals surface area contributed by atoms with E-state index in [1.165, 1.54) is 35.3 Å². The summed E-state index contributed by atoms with van der Waals surface area (Å²) in [5.41, 5.74) is 5.10. The van der Waals surface area contributed by atoms with Gasteiger partial charge in [-0.15, -0.1) is 11.3 Å². The van der Waals surface area contributed by atoms with Crippen molar-refractivity contribution in [2.45, 2.75) is 52.4 Å². The van der Waals surface area contributed by atoms with E-state index in [1.807, 2.05) is 12.3 Å². The summed E-state index contributed by atoms with van der Waals surface area (Å²) in [6.45, 7) is 4.05. The minimum atomic E-state index is -0.381. The SMILES string of the molecule is CCCC(=O)Nc1scc(-c2ccc3c(c2)CCCC3)c1C(=O)OCC. The Hall–Kier alpha value is -2.14. The smallest absolute Gasteiger partial charge is 0.341 e. The van der Waals surface area contributed by atoms with Gasteiger partial charge >= 0.3 is 5.97 Å². The van der Waals surface area contributed by atoms with Crippen LogP contribution < -0.4 is 5.32 Å². The Morgan fingerprint density at radius 2 is 1.92 bits per heavy atom. The van der Waals surface area contributed by atoms with Crippen LogP contribution in [0.25, 0.3) is 11.1 Å². The second-order valence-electron chi connectivity index (χ2n) is 6.56. The third-order valence-electron chi connectivity index (χ3n) is 4.66. The van der Waals surface area contributed by atoms with Gasteiger partial charge in [-0.25, -0.2) is 4.79 Å². The van der Waals surface area contributed by atoms with Gasteiger partial charge in [-0.05, 0) is 55.7 Å². The van der Waals surface area contributed by atoms with Crippen LogP contribution in [0.4, 0.5) is 5.00 Å². The third-order valence-corrected chi connectivity index (χ3v) is 5.56. The predicted octanol–water partition coefficient (Wildman–Crippen LogP) is 5.21. The van der Waals surface area contributed by atoms with E-state index in [-0.39, 0.29) is 11.9 Å². The van der Waals surface area contributed by atoms with Crippen LogP contribution in [-0.2, 0) is 22.4 Å². The highest BCUT2D eigenvalue weighted by Crippen LogP contribution is 2.38. The maximum atomic E-state index is 12.6. The molecule has 1 aromatic carbocycles. The molecule has 2 aromatic rings. The molecule has 0 unspecified atom stereocenters. The van der Waals surface area contributed by atoms with Crippen molar-refractivity contribution in [2.75, 3.05) is 11.9 Å². The number of amides is 1. The molecule has 0 fully saturated rings. The summed E-state index contributed by atoms with van der Waals surface area (Å²) < 4.78 is 5.26. The zero-order valence-corrected chi connectivity index (χ0v) is 16.2. The molecule has 0 radical (unpaired) electrons. The molecular formula is C21H25NO3S. The molecule has 0 spiro atoms. The van der Waals surface area contributed by atoms with Gasteiger partial charge in [0.15, 0.2) is 0 Å². The standard InChI is InChI=1S/C21H25NO3S/c1-3-7-18(23)22-20-19(21(24)25-4-2)17(13-26-20)16-11-10-14-8-5-6-9-15(14)12-16/h10-13H,3-9H2,1-2H3,(H,22,23). The lowest BCUT2D eigenvalue weighted by Crippen LogP contribution is -2.14. The lowest BCUT2D eigenvalue weighted by atomic mass is 9.89. The first kappa shape index (κ1) is 18.6. The topological polar surface area (TPSA) is 55.4 Å². The molecule has 1 amide bonds. The normalized spacial score (nSPS) is 13.2. The van der Waals surface area contributed by atoms with E-state index in [4.69, 9.17) is 4.74 Å². The van der Waals surface area contributed by atoms with Crippen LogP contribution in [0.5, 0.6) is 0 Å². The average molecular weight is 372 g/mol. The lowest BCUT2D eigenvalue weighted by molar-refractivity contribution is -0.116. The highest BCUT2D eigenvalue weighted by Gasteiger charge is 2.23. The van der Waals surface area contributed by atoms with Gasteiger partial charge in [0.25, 0.3) is 0 Å². The van der Waals surface area contributed by atoms with Gasteiger partial charge in [-0.2, -0.15) is 0 Å². The molecule has 1 aliphatic rings. The van der Waals surface area contributed by atoms with Gasteiger partial charge in [0.05, 0.1) is 6.61 Å². The second kappa shape index (κ2) is 8.49. The predicted molar refractivity (Wildman–Crippen MR) is 106 cm³/mol. The highest BCUT2D eigenvalue weighted by atomic mass is 32.1. The van der Waals surface area contributed by atoms with Gasteiger partial charge < -0.3 is 10.1 Å². The van der Waals surface area contributed by atoms with Crippen molar-refractivity contribution in [3.8, 4) is 11.1 Å². The molecule has 1 aliphatic carbocycles. The van der Waals surface area contributed by atoms with Crippen molar-refractivity contribution in [3.05, 3.63) is 40.3 Å². The van der Waals surface area contributed by atoms with Crippen LogP contribution in [-0.4, -0.2) is 18.5 Å². The van der Waals surface area contributed by atoms with Crippen molar-refractivity contribution < 1.29 is 14.3 Å². The van der Waals surface area contributed by atoms with E-state index in [0.29, 0.717) is 23.6 Å². The molecule has 5 heteroatoms. The van der Waals surface area contributed by atoms with Gasteiger partial charge in [0, 0.05) is 17.4 Å². The molecule has 4 nitrogen and oxygen atoms in total. The number of esters is 1. The number of fused-ring (bicyclic) bond motifs is 1. The molecular weight excluding hydrogens is 346 g/mol. The number of carbonyl (C=O) groups excluding carboxylic acids is 2. The van der Waals surface area contributed by atoms with Gasteiger partial charge in [0.1, 0.15) is 10.6 Å². The number of nitrogens with one attached hydrogen (secondary N) is 1. The summed E-state index contributed by atoms with van der Waals surface area (Å²) in [4.78, 5) is 24.6. The number of ether oxygens (including phenoxy) is 1. The Bertz CT molecular complexity index is 810. The van der Waals surface area contributed by atoms with E-state index in [1.54, 1.807) is 6.92 Å². The van der Waals surface area contributed by atoms with E-state index >= 15 is 0 Å². The minimum absolute atomic E-state index is 0.0723. The van der Waals surface area contributed by atoms with E-state index in [2.05, 4.69) is 23.5 Å². The second-order valence-corrected chi connectivity index (χ2v) is 7.44. The van der Waals surface area contributed by atoms with Gasteiger partial charge in [0.2, 0.25) is 5.91 Å². The average Bonchev–Trinajstić information content (AvgIpc) is 3.05. The summed E-state index contributed by atoms with van der Waals surface area (Å²) in [6.07, 6.45) is 5.87. The van der Waals surface area contributed by atoms with E-state index < -0.39 is 0 Å². The number of benzene rings is 1. The number of carbonyl (C=O) groups is 2. The first-order valence-corrected chi connectivity index (χ1v) is 10.2. The van der Waals surface area contributed by atoms with Crippen LogP contribution in [0, 0.1) is 0 Å².